The van der Waals surface area contributed by atoms with Crippen molar-refractivity contribution in [1.82, 2.24) is 5.32 Å². The van der Waals surface area contributed by atoms with Gasteiger partial charge < -0.3 is 19.7 Å². The second kappa shape index (κ2) is 8.58. The molecule has 0 aliphatic carbocycles. The Morgan fingerprint density at radius 3 is 2.41 bits per heavy atom. The fourth-order valence-electron chi connectivity index (χ4n) is 3.15. The zero-order valence-corrected chi connectivity index (χ0v) is 15.6. The first-order valence-electron chi connectivity index (χ1n) is 9.04. The van der Waals surface area contributed by atoms with E-state index < -0.39 is 0 Å². The van der Waals surface area contributed by atoms with E-state index in [0.29, 0.717) is 19.6 Å². The average molecular weight is 368 g/mol. The Kier molecular flexibility index (Phi) is 5.96. The van der Waals surface area contributed by atoms with E-state index in [1.54, 1.807) is 12.0 Å². The molecule has 142 valence electrons. The van der Waals surface area contributed by atoms with E-state index in [1.165, 1.54) is 0 Å². The molecular formula is C21H24N2O4. The number of amides is 2. The minimum Gasteiger partial charge on any atom is -0.497 e. The van der Waals surface area contributed by atoms with Gasteiger partial charge in [-0.3, -0.25) is 9.59 Å². The van der Waals surface area contributed by atoms with E-state index in [-0.39, 0.29) is 24.3 Å². The van der Waals surface area contributed by atoms with Crippen LogP contribution in [0.25, 0.3) is 0 Å². The minimum absolute atomic E-state index is 0.00605. The summed E-state index contributed by atoms with van der Waals surface area (Å²) in [5.41, 5.74) is 1.72. The van der Waals surface area contributed by atoms with E-state index in [4.69, 9.17) is 9.47 Å². The van der Waals surface area contributed by atoms with E-state index in [9.17, 15) is 9.59 Å². The highest BCUT2D eigenvalue weighted by atomic mass is 16.5. The molecule has 2 amide bonds. The summed E-state index contributed by atoms with van der Waals surface area (Å²) in [6.45, 7) is 3.01. The van der Waals surface area contributed by atoms with Crippen molar-refractivity contribution in [2.45, 2.75) is 25.8 Å². The van der Waals surface area contributed by atoms with Crippen molar-refractivity contribution < 1.29 is 19.1 Å². The monoisotopic (exact) mass is 368 g/mol. The topological polar surface area (TPSA) is 67.9 Å². The van der Waals surface area contributed by atoms with Gasteiger partial charge in [0.25, 0.3) is 0 Å². The molecule has 27 heavy (non-hydrogen) atoms. The summed E-state index contributed by atoms with van der Waals surface area (Å²) >= 11 is 0. The maximum atomic E-state index is 12.3. The molecule has 6 heteroatoms. The number of anilines is 1. The molecule has 0 radical (unpaired) electrons. The number of nitrogens with zero attached hydrogens (tertiary/aromatic N) is 1. The minimum atomic E-state index is -0.185. The van der Waals surface area contributed by atoms with Crippen LogP contribution in [-0.4, -0.2) is 38.1 Å². The van der Waals surface area contributed by atoms with Gasteiger partial charge >= 0.3 is 0 Å². The number of methoxy groups -OCH3 is 1. The lowest BCUT2D eigenvalue weighted by molar-refractivity contribution is -0.121. The number of hydrogen-bond donors (Lipinski definition) is 1. The summed E-state index contributed by atoms with van der Waals surface area (Å²) < 4.78 is 10.5. The highest BCUT2D eigenvalue weighted by Crippen LogP contribution is 2.24. The summed E-state index contributed by atoms with van der Waals surface area (Å²) in [5.74, 6) is 1.45. The molecule has 1 aliphatic rings. The third-order valence-electron chi connectivity index (χ3n) is 4.47. The molecule has 1 saturated heterocycles. The van der Waals surface area contributed by atoms with Crippen molar-refractivity contribution in [3.63, 3.8) is 0 Å². The van der Waals surface area contributed by atoms with Crippen LogP contribution in [0.3, 0.4) is 0 Å². The molecule has 2 aromatic rings. The number of rotatable bonds is 7. The van der Waals surface area contributed by atoms with Crippen molar-refractivity contribution in [3.8, 4) is 11.5 Å². The summed E-state index contributed by atoms with van der Waals surface area (Å²) in [6.07, 6.45) is 0.584. The number of ether oxygens (including phenoxy) is 2. The van der Waals surface area contributed by atoms with E-state index in [0.717, 1.165) is 22.7 Å². The predicted molar refractivity (Wildman–Crippen MR) is 103 cm³/mol. The molecule has 1 N–H and O–H groups in total. The maximum absolute atomic E-state index is 12.3. The molecule has 3 rings (SSSR count). The van der Waals surface area contributed by atoms with Crippen LogP contribution in [0.15, 0.2) is 48.5 Å². The molecule has 6 nitrogen and oxygen atoms in total. The van der Waals surface area contributed by atoms with E-state index in [1.807, 2.05) is 55.5 Å². The Morgan fingerprint density at radius 2 is 1.78 bits per heavy atom. The van der Waals surface area contributed by atoms with Gasteiger partial charge in [0.2, 0.25) is 11.8 Å². The van der Waals surface area contributed by atoms with Gasteiger partial charge in [0.15, 0.2) is 0 Å². The van der Waals surface area contributed by atoms with Gasteiger partial charge in [0.1, 0.15) is 11.5 Å². The van der Waals surface area contributed by atoms with Crippen LogP contribution >= 0.6 is 0 Å². The largest absolute Gasteiger partial charge is 0.497 e. The maximum Gasteiger partial charge on any atom is 0.229 e. The fraction of sp³-hybridized carbons (Fsp3) is 0.333. The first kappa shape index (κ1) is 18.8. The van der Waals surface area contributed by atoms with Gasteiger partial charge in [-0.15, -0.1) is 0 Å². The quantitative estimate of drug-likeness (QED) is 0.816. The first-order valence-corrected chi connectivity index (χ1v) is 9.04. The summed E-state index contributed by atoms with van der Waals surface area (Å²) in [4.78, 5) is 26.3. The molecular weight excluding hydrogens is 344 g/mol. The standard InChI is InChI=1S/C21H24N2O4/c1-3-27-19-8-4-15(5-9-19)12-20(24)22-16-13-21(25)23(14-16)17-6-10-18(26-2)11-7-17/h4-11,16H,3,12-14H2,1-2H3,(H,22,24)/t16-/m0/s1. The molecule has 1 atom stereocenters. The van der Waals surface area contributed by atoms with Crippen molar-refractivity contribution in [2.75, 3.05) is 25.2 Å². The molecule has 1 aliphatic heterocycles. The van der Waals surface area contributed by atoms with Crippen LogP contribution in [-0.2, 0) is 16.0 Å². The smallest absolute Gasteiger partial charge is 0.229 e. The van der Waals surface area contributed by atoms with Crippen LogP contribution in [0, 0.1) is 0 Å². The Hall–Kier alpha value is -3.02. The molecule has 1 fully saturated rings. The number of carbonyl (C=O) groups excluding carboxylic acids is 2. The van der Waals surface area contributed by atoms with Gasteiger partial charge in [-0.25, -0.2) is 0 Å². The molecule has 1 heterocycles. The number of hydrogen-bond acceptors (Lipinski definition) is 4. The Morgan fingerprint density at radius 1 is 1.11 bits per heavy atom. The molecule has 0 bridgehead atoms. The lowest BCUT2D eigenvalue weighted by Gasteiger charge is -2.17. The van der Waals surface area contributed by atoms with Gasteiger partial charge in [-0.05, 0) is 48.9 Å². The zero-order chi connectivity index (χ0) is 19.2. The summed E-state index contributed by atoms with van der Waals surface area (Å²) in [6, 6.07) is 14.6. The van der Waals surface area contributed by atoms with Crippen LogP contribution in [0.4, 0.5) is 5.69 Å². The van der Waals surface area contributed by atoms with Crippen LogP contribution in [0.1, 0.15) is 18.9 Å². The molecule has 2 aromatic carbocycles. The van der Waals surface area contributed by atoms with Gasteiger partial charge in [-0.2, -0.15) is 0 Å². The lowest BCUT2D eigenvalue weighted by atomic mass is 10.1. The van der Waals surface area contributed by atoms with Crippen LogP contribution < -0.4 is 19.7 Å². The van der Waals surface area contributed by atoms with Gasteiger partial charge in [-0.1, -0.05) is 12.1 Å². The molecule has 0 unspecified atom stereocenters. The molecule has 0 aromatic heterocycles. The normalized spacial score (nSPS) is 16.3. The van der Waals surface area contributed by atoms with Crippen LogP contribution in [0.2, 0.25) is 0 Å². The first-order chi connectivity index (χ1) is 13.1. The third kappa shape index (κ3) is 4.78. The third-order valence-corrected chi connectivity index (χ3v) is 4.47. The SMILES string of the molecule is CCOc1ccc(CC(=O)N[C@H]2CC(=O)N(c3ccc(OC)cc3)C2)cc1. The van der Waals surface area contributed by atoms with Crippen molar-refractivity contribution in [2.24, 2.45) is 0 Å². The fourth-order valence-corrected chi connectivity index (χ4v) is 3.15. The van der Waals surface area contributed by atoms with Crippen molar-refractivity contribution >= 4 is 17.5 Å². The summed E-state index contributed by atoms with van der Waals surface area (Å²) in [5, 5.41) is 2.96. The zero-order valence-electron chi connectivity index (χ0n) is 15.6. The number of benzene rings is 2. The highest BCUT2D eigenvalue weighted by molar-refractivity contribution is 5.97. The second-order valence-corrected chi connectivity index (χ2v) is 6.42. The van der Waals surface area contributed by atoms with E-state index in [2.05, 4.69) is 5.32 Å². The predicted octanol–water partition coefficient (Wildman–Crippen LogP) is 2.56. The van der Waals surface area contributed by atoms with E-state index >= 15 is 0 Å². The van der Waals surface area contributed by atoms with Crippen molar-refractivity contribution in [3.05, 3.63) is 54.1 Å². The Balaban J connectivity index is 1.54. The van der Waals surface area contributed by atoms with Gasteiger partial charge in [0.05, 0.1) is 26.2 Å². The molecule has 0 spiro atoms. The number of carbonyl (C=O) groups is 2. The average Bonchev–Trinajstić information content (AvgIpc) is 3.03. The van der Waals surface area contributed by atoms with Crippen molar-refractivity contribution in [1.29, 1.82) is 0 Å². The Bertz CT molecular complexity index is 787. The highest BCUT2D eigenvalue weighted by Gasteiger charge is 2.31. The Labute approximate surface area is 159 Å². The lowest BCUT2D eigenvalue weighted by Crippen LogP contribution is -2.38. The van der Waals surface area contributed by atoms with Gasteiger partial charge in [0, 0.05) is 18.7 Å². The number of nitrogens with one attached hydrogen (secondary N) is 1. The summed E-state index contributed by atoms with van der Waals surface area (Å²) in [7, 11) is 1.60. The molecule has 0 saturated carbocycles. The van der Waals surface area contributed by atoms with Crippen LogP contribution in [0.5, 0.6) is 11.5 Å². The second-order valence-electron chi connectivity index (χ2n) is 6.42.